The molecular formula is C9H15N3OS. The van der Waals surface area contributed by atoms with Gasteiger partial charge in [0.15, 0.2) is 0 Å². The highest BCUT2D eigenvalue weighted by atomic mass is 32.1. The van der Waals surface area contributed by atoms with Crippen molar-refractivity contribution in [2.45, 2.75) is 26.0 Å². The summed E-state index contributed by atoms with van der Waals surface area (Å²) < 4.78 is 3.84. The topological polar surface area (TPSA) is 49.2 Å². The SMILES string of the molecule is CC1CN(Cc2cnns2)CCC1O. The zero-order chi connectivity index (χ0) is 9.97. The molecule has 0 amide bonds. The van der Waals surface area contributed by atoms with Crippen molar-refractivity contribution in [3.05, 3.63) is 11.1 Å². The van der Waals surface area contributed by atoms with Crippen LogP contribution in [0.5, 0.6) is 0 Å². The van der Waals surface area contributed by atoms with Gasteiger partial charge in [-0.1, -0.05) is 11.4 Å². The molecule has 4 nitrogen and oxygen atoms in total. The first-order valence-corrected chi connectivity index (χ1v) is 5.69. The Labute approximate surface area is 87.7 Å². The third-order valence-corrected chi connectivity index (χ3v) is 3.38. The van der Waals surface area contributed by atoms with E-state index in [1.165, 1.54) is 16.4 Å². The molecule has 2 rings (SSSR count). The van der Waals surface area contributed by atoms with E-state index in [2.05, 4.69) is 21.4 Å². The zero-order valence-electron chi connectivity index (χ0n) is 8.26. The molecule has 1 saturated heterocycles. The van der Waals surface area contributed by atoms with Gasteiger partial charge in [0, 0.05) is 19.6 Å². The molecule has 5 heteroatoms. The molecular weight excluding hydrogens is 198 g/mol. The maximum absolute atomic E-state index is 9.57. The molecule has 78 valence electrons. The fourth-order valence-electron chi connectivity index (χ4n) is 1.84. The second-order valence-corrected chi connectivity index (χ2v) is 4.82. The fourth-order valence-corrected chi connectivity index (χ4v) is 2.37. The fraction of sp³-hybridized carbons (Fsp3) is 0.778. The van der Waals surface area contributed by atoms with Crippen LogP contribution in [0.1, 0.15) is 18.2 Å². The van der Waals surface area contributed by atoms with Gasteiger partial charge >= 0.3 is 0 Å². The summed E-state index contributed by atoms with van der Waals surface area (Å²) in [4.78, 5) is 3.56. The Morgan fingerprint density at radius 2 is 2.57 bits per heavy atom. The lowest BCUT2D eigenvalue weighted by atomic mass is 9.97. The number of aliphatic hydroxyl groups is 1. The monoisotopic (exact) mass is 213 g/mol. The maximum Gasteiger partial charge on any atom is 0.0666 e. The van der Waals surface area contributed by atoms with Crippen LogP contribution in [0.25, 0.3) is 0 Å². The molecule has 2 heterocycles. The lowest BCUT2D eigenvalue weighted by Gasteiger charge is -2.33. The van der Waals surface area contributed by atoms with Crippen LogP contribution < -0.4 is 0 Å². The molecule has 14 heavy (non-hydrogen) atoms. The lowest BCUT2D eigenvalue weighted by Crippen LogP contribution is -2.41. The summed E-state index contributed by atoms with van der Waals surface area (Å²) in [7, 11) is 0. The minimum absolute atomic E-state index is 0.120. The molecule has 1 fully saturated rings. The van der Waals surface area contributed by atoms with Crippen LogP contribution in [0, 0.1) is 5.92 Å². The number of nitrogens with zero attached hydrogens (tertiary/aromatic N) is 3. The van der Waals surface area contributed by atoms with E-state index in [1.807, 2.05) is 6.20 Å². The second-order valence-electron chi connectivity index (χ2n) is 3.95. The Balaban J connectivity index is 1.88. The Bertz CT molecular complexity index is 278. The smallest absolute Gasteiger partial charge is 0.0666 e. The summed E-state index contributed by atoms with van der Waals surface area (Å²) >= 11 is 1.45. The molecule has 0 saturated carbocycles. The van der Waals surface area contributed by atoms with E-state index in [0.717, 1.165) is 26.1 Å². The molecule has 2 atom stereocenters. The molecule has 0 radical (unpaired) electrons. The molecule has 1 aliphatic rings. The van der Waals surface area contributed by atoms with Crippen molar-refractivity contribution >= 4 is 11.5 Å². The largest absolute Gasteiger partial charge is 0.393 e. The number of hydrogen-bond donors (Lipinski definition) is 1. The summed E-state index contributed by atoms with van der Waals surface area (Å²) in [5.41, 5.74) is 0. The van der Waals surface area contributed by atoms with Crippen LogP contribution in [-0.4, -0.2) is 38.8 Å². The number of aromatic nitrogens is 2. The first kappa shape index (κ1) is 10.0. The predicted molar refractivity (Wildman–Crippen MR) is 55.0 cm³/mol. The third-order valence-electron chi connectivity index (χ3n) is 2.73. The van der Waals surface area contributed by atoms with Gasteiger partial charge in [0.2, 0.25) is 0 Å². The minimum atomic E-state index is -0.120. The lowest BCUT2D eigenvalue weighted by molar-refractivity contribution is 0.0324. The molecule has 0 spiro atoms. The van der Waals surface area contributed by atoms with Gasteiger partial charge in [-0.3, -0.25) is 4.90 Å². The predicted octanol–water partition coefficient (Wildman–Crippen LogP) is 0.741. The Morgan fingerprint density at radius 1 is 1.71 bits per heavy atom. The normalized spacial score (nSPS) is 29.3. The standard InChI is InChI=1S/C9H15N3OS/c1-7-5-12(3-2-9(7)13)6-8-4-10-11-14-8/h4,7,9,13H,2-3,5-6H2,1H3. The maximum atomic E-state index is 9.57. The molecule has 1 aromatic rings. The number of rotatable bonds is 2. The van der Waals surface area contributed by atoms with Crippen molar-refractivity contribution in [2.24, 2.45) is 5.92 Å². The number of aliphatic hydroxyl groups excluding tert-OH is 1. The van der Waals surface area contributed by atoms with Crippen LogP contribution >= 0.6 is 11.5 Å². The number of piperidine rings is 1. The van der Waals surface area contributed by atoms with Crippen molar-refractivity contribution < 1.29 is 5.11 Å². The quantitative estimate of drug-likeness (QED) is 0.787. The van der Waals surface area contributed by atoms with Gasteiger partial charge in [-0.2, -0.15) is 0 Å². The van der Waals surface area contributed by atoms with Gasteiger partial charge in [-0.15, -0.1) is 5.10 Å². The summed E-state index contributed by atoms with van der Waals surface area (Å²) in [5, 5.41) is 13.4. The summed E-state index contributed by atoms with van der Waals surface area (Å²) in [6.45, 7) is 4.97. The minimum Gasteiger partial charge on any atom is -0.393 e. The molecule has 1 aliphatic heterocycles. The molecule has 0 bridgehead atoms. The third kappa shape index (κ3) is 2.29. The van der Waals surface area contributed by atoms with Crippen molar-refractivity contribution in [1.29, 1.82) is 0 Å². The van der Waals surface area contributed by atoms with Crippen molar-refractivity contribution in [3.63, 3.8) is 0 Å². The first-order valence-electron chi connectivity index (χ1n) is 4.92. The molecule has 0 aromatic carbocycles. The molecule has 1 N–H and O–H groups in total. The zero-order valence-corrected chi connectivity index (χ0v) is 9.07. The highest BCUT2D eigenvalue weighted by Crippen LogP contribution is 2.18. The molecule has 1 aromatic heterocycles. The molecule has 0 aliphatic carbocycles. The highest BCUT2D eigenvalue weighted by Gasteiger charge is 2.24. The number of hydrogen-bond acceptors (Lipinski definition) is 5. The van der Waals surface area contributed by atoms with E-state index in [0.29, 0.717) is 5.92 Å². The van der Waals surface area contributed by atoms with Gasteiger partial charge in [0.25, 0.3) is 0 Å². The van der Waals surface area contributed by atoms with Crippen molar-refractivity contribution in [1.82, 2.24) is 14.5 Å². The molecule has 2 unspecified atom stereocenters. The van der Waals surface area contributed by atoms with Crippen LogP contribution in [0.2, 0.25) is 0 Å². The van der Waals surface area contributed by atoms with E-state index in [-0.39, 0.29) is 6.10 Å². The van der Waals surface area contributed by atoms with E-state index >= 15 is 0 Å². The van der Waals surface area contributed by atoms with Crippen LogP contribution in [0.4, 0.5) is 0 Å². The van der Waals surface area contributed by atoms with Gasteiger partial charge in [0.05, 0.1) is 17.2 Å². The average molecular weight is 213 g/mol. The van der Waals surface area contributed by atoms with Gasteiger partial charge < -0.3 is 5.11 Å². The highest BCUT2D eigenvalue weighted by molar-refractivity contribution is 7.05. The second kappa shape index (κ2) is 4.33. The van der Waals surface area contributed by atoms with E-state index in [1.54, 1.807) is 0 Å². The van der Waals surface area contributed by atoms with Crippen LogP contribution in [0.15, 0.2) is 6.20 Å². The Hall–Kier alpha value is -0.520. The van der Waals surface area contributed by atoms with E-state index < -0.39 is 0 Å². The van der Waals surface area contributed by atoms with Gasteiger partial charge in [-0.05, 0) is 23.9 Å². The number of likely N-dealkylation sites (tertiary alicyclic amines) is 1. The van der Waals surface area contributed by atoms with E-state index in [4.69, 9.17) is 0 Å². The van der Waals surface area contributed by atoms with Crippen molar-refractivity contribution in [3.8, 4) is 0 Å². The Kier molecular flexibility index (Phi) is 3.10. The summed E-state index contributed by atoms with van der Waals surface area (Å²) in [5.74, 6) is 0.379. The first-order chi connectivity index (χ1) is 6.75. The van der Waals surface area contributed by atoms with Gasteiger partial charge in [-0.25, -0.2) is 0 Å². The Morgan fingerprint density at radius 3 is 3.21 bits per heavy atom. The van der Waals surface area contributed by atoms with E-state index in [9.17, 15) is 5.11 Å². The summed E-state index contributed by atoms with van der Waals surface area (Å²) in [6, 6.07) is 0. The van der Waals surface area contributed by atoms with Crippen LogP contribution in [0.3, 0.4) is 0 Å². The average Bonchev–Trinajstić information content (AvgIpc) is 2.64. The van der Waals surface area contributed by atoms with Crippen molar-refractivity contribution in [2.75, 3.05) is 13.1 Å². The summed E-state index contributed by atoms with van der Waals surface area (Å²) in [6.07, 6.45) is 2.58. The van der Waals surface area contributed by atoms with Gasteiger partial charge in [0.1, 0.15) is 0 Å². The van der Waals surface area contributed by atoms with Crippen LogP contribution in [-0.2, 0) is 6.54 Å².